The zero-order chi connectivity index (χ0) is 11.8. The molecule has 2 rings (SSSR count). The van der Waals surface area contributed by atoms with Crippen LogP contribution in [0.15, 0.2) is 23.4 Å². The largest absolute Gasteiger partial charge is 0.318 e. The molecule has 2 heterocycles. The predicted molar refractivity (Wildman–Crippen MR) is 56.4 cm³/mol. The van der Waals surface area contributed by atoms with Gasteiger partial charge in [-0.05, 0) is 19.2 Å². The SMILES string of the molecule is CNCCN1C(=O)c2cccnc2S1(=O)=O. The minimum absolute atomic E-state index is 0.119. The molecule has 0 saturated carbocycles. The first kappa shape index (κ1) is 11.0. The molecule has 1 aromatic heterocycles. The molecule has 0 atom stereocenters. The maximum absolute atomic E-state index is 11.9. The molecule has 0 unspecified atom stereocenters. The van der Waals surface area contributed by atoms with Crippen LogP contribution in [-0.4, -0.2) is 43.8 Å². The van der Waals surface area contributed by atoms with Crippen molar-refractivity contribution in [1.82, 2.24) is 14.6 Å². The summed E-state index contributed by atoms with van der Waals surface area (Å²) in [6.07, 6.45) is 1.37. The van der Waals surface area contributed by atoms with Crippen LogP contribution in [-0.2, 0) is 10.0 Å². The van der Waals surface area contributed by atoms with Crippen molar-refractivity contribution in [2.75, 3.05) is 20.1 Å². The number of carbonyl (C=O) groups excluding carboxylic acids is 1. The van der Waals surface area contributed by atoms with Crippen molar-refractivity contribution in [3.05, 3.63) is 23.9 Å². The molecule has 0 saturated heterocycles. The van der Waals surface area contributed by atoms with Gasteiger partial charge < -0.3 is 5.32 Å². The van der Waals surface area contributed by atoms with Gasteiger partial charge in [0.05, 0.1) is 12.1 Å². The van der Waals surface area contributed by atoms with Gasteiger partial charge in [0.1, 0.15) is 0 Å². The van der Waals surface area contributed by atoms with Crippen LogP contribution in [0.25, 0.3) is 0 Å². The first-order valence-corrected chi connectivity index (χ1v) is 6.19. The molecule has 1 aliphatic heterocycles. The van der Waals surface area contributed by atoms with Crippen LogP contribution in [0.3, 0.4) is 0 Å². The monoisotopic (exact) mass is 241 g/mol. The van der Waals surface area contributed by atoms with Gasteiger partial charge in [0.25, 0.3) is 15.9 Å². The van der Waals surface area contributed by atoms with Gasteiger partial charge in [-0.1, -0.05) is 0 Å². The number of carbonyl (C=O) groups is 1. The smallest absolute Gasteiger partial charge is 0.285 e. The van der Waals surface area contributed by atoms with Crippen molar-refractivity contribution >= 4 is 15.9 Å². The average molecular weight is 241 g/mol. The summed E-state index contributed by atoms with van der Waals surface area (Å²) in [5.41, 5.74) is 0.151. The number of nitrogens with zero attached hydrogens (tertiary/aromatic N) is 2. The van der Waals surface area contributed by atoms with Crippen LogP contribution in [0.1, 0.15) is 10.4 Å². The maximum Gasteiger partial charge on any atom is 0.285 e. The molecular formula is C9H11N3O3S. The van der Waals surface area contributed by atoms with Gasteiger partial charge in [-0.2, -0.15) is 8.42 Å². The standard InChI is InChI=1S/C9H11N3O3S/c1-10-5-6-12-9(13)7-3-2-4-11-8(7)16(12,14)15/h2-4,10H,5-6H2,1H3. The number of sulfonamides is 1. The van der Waals surface area contributed by atoms with Crippen molar-refractivity contribution in [3.63, 3.8) is 0 Å². The third-order valence-electron chi connectivity index (χ3n) is 2.33. The van der Waals surface area contributed by atoms with Crippen molar-refractivity contribution in [2.45, 2.75) is 5.03 Å². The second kappa shape index (κ2) is 3.84. The van der Waals surface area contributed by atoms with Crippen LogP contribution in [0, 0.1) is 0 Å². The summed E-state index contributed by atoms with van der Waals surface area (Å²) in [4.78, 5) is 15.5. The molecule has 0 radical (unpaired) electrons. The molecule has 0 aromatic carbocycles. The predicted octanol–water partition coefficient (Wildman–Crippen LogP) is -0.555. The lowest BCUT2D eigenvalue weighted by Gasteiger charge is -2.13. The molecule has 6 nitrogen and oxygen atoms in total. The first-order chi connectivity index (χ1) is 7.59. The number of hydrogen-bond acceptors (Lipinski definition) is 5. The highest BCUT2D eigenvalue weighted by molar-refractivity contribution is 7.90. The normalized spacial score (nSPS) is 17.6. The molecule has 16 heavy (non-hydrogen) atoms. The van der Waals surface area contributed by atoms with Crippen molar-refractivity contribution in [2.24, 2.45) is 0 Å². The van der Waals surface area contributed by atoms with E-state index < -0.39 is 15.9 Å². The molecule has 1 N–H and O–H groups in total. The number of likely N-dealkylation sites (N-methyl/N-ethyl adjacent to an activating group) is 1. The van der Waals surface area contributed by atoms with Gasteiger partial charge in [-0.15, -0.1) is 0 Å². The Morgan fingerprint density at radius 2 is 2.25 bits per heavy atom. The third-order valence-corrected chi connectivity index (χ3v) is 4.07. The summed E-state index contributed by atoms with van der Waals surface area (Å²) >= 11 is 0. The lowest BCUT2D eigenvalue weighted by atomic mass is 10.3. The van der Waals surface area contributed by atoms with Gasteiger partial charge in [-0.3, -0.25) is 4.79 Å². The minimum Gasteiger partial charge on any atom is -0.318 e. The van der Waals surface area contributed by atoms with Gasteiger partial charge in [0.2, 0.25) is 0 Å². The summed E-state index contributed by atoms with van der Waals surface area (Å²) < 4.78 is 24.7. The Morgan fingerprint density at radius 3 is 2.88 bits per heavy atom. The third kappa shape index (κ3) is 1.48. The number of rotatable bonds is 3. The van der Waals surface area contributed by atoms with Crippen LogP contribution >= 0.6 is 0 Å². The molecule has 1 aromatic rings. The van der Waals surface area contributed by atoms with Gasteiger partial charge in [0, 0.05) is 12.7 Å². The Hall–Kier alpha value is -1.47. The molecule has 1 aliphatic rings. The van der Waals surface area contributed by atoms with Crippen LogP contribution in [0.2, 0.25) is 0 Å². The number of nitrogens with one attached hydrogen (secondary N) is 1. The Morgan fingerprint density at radius 1 is 1.50 bits per heavy atom. The lowest BCUT2D eigenvalue weighted by Crippen LogP contribution is -2.35. The number of pyridine rings is 1. The summed E-state index contributed by atoms with van der Waals surface area (Å²) in [6, 6.07) is 3.02. The van der Waals surface area contributed by atoms with E-state index in [1.807, 2.05) is 0 Å². The number of aromatic nitrogens is 1. The number of hydrogen-bond donors (Lipinski definition) is 1. The zero-order valence-electron chi connectivity index (χ0n) is 8.67. The Labute approximate surface area is 93.3 Å². The lowest BCUT2D eigenvalue weighted by molar-refractivity contribution is 0.0872. The molecule has 0 fully saturated rings. The molecular weight excluding hydrogens is 230 g/mol. The fourth-order valence-electron chi connectivity index (χ4n) is 1.54. The van der Waals surface area contributed by atoms with Gasteiger partial charge in [0.15, 0.2) is 5.03 Å². The average Bonchev–Trinajstić information content (AvgIpc) is 2.46. The molecule has 86 valence electrons. The maximum atomic E-state index is 11.9. The van der Waals surface area contributed by atoms with Gasteiger partial charge >= 0.3 is 0 Å². The van der Waals surface area contributed by atoms with E-state index in [2.05, 4.69) is 10.3 Å². The highest BCUT2D eigenvalue weighted by Crippen LogP contribution is 2.27. The van der Waals surface area contributed by atoms with E-state index in [0.29, 0.717) is 6.54 Å². The quantitative estimate of drug-likeness (QED) is 0.767. The summed E-state index contributed by atoms with van der Waals surface area (Å²) in [6.45, 7) is 0.535. The van der Waals surface area contributed by atoms with E-state index >= 15 is 0 Å². The Kier molecular flexibility index (Phi) is 2.64. The van der Waals surface area contributed by atoms with E-state index in [9.17, 15) is 13.2 Å². The van der Waals surface area contributed by atoms with Crippen molar-refractivity contribution in [1.29, 1.82) is 0 Å². The summed E-state index contributed by atoms with van der Waals surface area (Å²) in [5, 5.41) is 2.66. The second-order valence-electron chi connectivity index (χ2n) is 3.34. The highest BCUT2D eigenvalue weighted by Gasteiger charge is 2.41. The van der Waals surface area contributed by atoms with Gasteiger partial charge in [-0.25, -0.2) is 9.29 Å². The second-order valence-corrected chi connectivity index (χ2v) is 5.12. The van der Waals surface area contributed by atoms with E-state index in [1.54, 1.807) is 13.1 Å². The Balaban J connectivity index is 2.46. The number of amides is 1. The molecule has 1 amide bonds. The molecule has 0 bridgehead atoms. The fourth-order valence-corrected chi connectivity index (χ4v) is 3.03. The summed E-state index contributed by atoms with van der Waals surface area (Å²) in [7, 11) is -2.04. The topological polar surface area (TPSA) is 79.4 Å². The number of fused-ring (bicyclic) bond motifs is 1. The van der Waals surface area contributed by atoms with Crippen molar-refractivity contribution in [3.8, 4) is 0 Å². The Bertz CT molecular complexity index is 527. The van der Waals surface area contributed by atoms with Crippen LogP contribution in [0.4, 0.5) is 0 Å². The van der Waals surface area contributed by atoms with Crippen LogP contribution in [0.5, 0.6) is 0 Å². The van der Waals surface area contributed by atoms with E-state index in [-0.39, 0.29) is 17.1 Å². The molecule has 7 heteroatoms. The van der Waals surface area contributed by atoms with E-state index in [0.717, 1.165) is 4.31 Å². The van der Waals surface area contributed by atoms with Crippen molar-refractivity contribution < 1.29 is 13.2 Å². The fraction of sp³-hybridized carbons (Fsp3) is 0.333. The first-order valence-electron chi connectivity index (χ1n) is 4.75. The minimum atomic E-state index is -3.74. The van der Waals surface area contributed by atoms with E-state index in [4.69, 9.17) is 0 Å². The van der Waals surface area contributed by atoms with Crippen LogP contribution < -0.4 is 5.32 Å². The van der Waals surface area contributed by atoms with E-state index in [1.165, 1.54) is 12.3 Å². The summed E-state index contributed by atoms with van der Waals surface area (Å²) in [5.74, 6) is -0.502. The molecule has 0 aliphatic carbocycles. The highest BCUT2D eigenvalue weighted by atomic mass is 32.2. The molecule has 0 spiro atoms. The zero-order valence-corrected chi connectivity index (χ0v) is 9.49.